The van der Waals surface area contributed by atoms with E-state index in [1.54, 1.807) is 0 Å². The van der Waals surface area contributed by atoms with E-state index in [0.29, 0.717) is 90.1 Å². The highest BCUT2D eigenvalue weighted by Crippen LogP contribution is 2.25. The molecule has 0 aromatic heterocycles. The lowest BCUT2D eigenvalue weighted by atomic mass is 9.99. The highest BCUT2D eigenvalue weighted by atomic mass is 16.7. The Morgan fingerprint density at radius 2 is 0.655 bits per heavy atom. The molecule has 3 rings (SSSR count). The Morgan fingerprint density at radius 3 is 1.01 bits per heavy atom. The third-order valence-electron chi connectivity index (χ3n) is 15.3. The molecule has 0 radical (unpaired) electrons. The topological polar surface area (TPSA) is 473 Å². The SMILES string of the molecule is CCCCCCNC(=O)CCCC(=O)NC(CCC(=O)NC(CCC(=O)NCCCCCCO[C@H]1O[C@H](CO)[C@@H](O)[C@H](O)[C@@H]1O)C(=O)NCCCCCCO[C@H]1O[C@H](CO)[C@@H](O)[C@H](O)[C@@H]1O)C(=O)NCCCCCCO[C@H]1O[C@H](CO)[C@@H](O)[C@H](O)[C@@H]1O. The van der Waals surface area contributed by atoms with Crippen LogP contribution in [-0.4, -0.2) is 267 Å². The number of aliphatic hydroxyl groups excluding tert-OH is 12. The van der Waals surface area contributed by atoms with Crippen LogP contribution in [0.4, 0.5) is 0 Å². The van der Waals surface area contributed by atoms with Gasteiger partial charge in [0.1, 0.15) is 85.3 Å². The van der Waals surface area contributed by atoms with E-state index in [9.17, 15) is 90.0 Å². The molecular formula is C57H104N6O24. The van der Waals surface area contributed by atoms with E-state index in [2.05, 4.69) is 38.8 Å². The summed E-state index contributed by atoms with van der Waals surface area (Å²) < 4.78 is 32.7. The Hall–Kier alpha value is -3.90. The number of hydrogen-bond acceptors (Lipinski definition) is 24. The fourth-order valence-electron chi connectivity index (χ4n) is 9.84. The van der Waals surface area contributed by atoms with Gasteiger partial charge in [-0.05, 0) is 64.2 Å². The molecule has 506 valence electrons. The fraction of sp³-hybridized carbons (Fsp3) is 0.895. The molecule has 0 aromatic rings. The van der Waals surface area contributed by atoms with Crippen LogP contribution in [0.25, 0.3) is 0 Å². The number of carbonyl (C=O) groups excluding carboxylic acids is 6. The van der Waals surface area contributed by atoms with Gasteiger partial charge in [0.05, 0.1) is 19.8 Å². The van der Waals surface area contributed by atoms with Gasteiger partial charge in [0.25, 0.3) is 0 Å². The molecular weight excluding hydrogens is 1150 g/mol. The van der Waals surface area contributed by atoms with E-state index in [1.807, 2.05) is 0 Å². The average molecular weight is 1260 g/mol. The molecule has 17 atom stereocenters. The lowest BCUT2D eigenvalue weighted by Gasteiger charge is -2.39. The Bertz CT molecular complexity index is 1930. The predicted octanol–water partition coefficient (Wildman–Crippen LogP) is -4.14. The number of unbranched alkanes of at least 4 members (excludes halogenated alkanes) is 12. The monoisotopic (exact) mass is 1260 g/mol. The van der Waals surface area contributed by atoms with E-state index < -0.39 is 148 Å². The van der Waals surface area contributed by atoms with Crippen molar-refractivity contribution in [2.45, 2.75) is 259 Å². The molecule has 3 aliphatic heterocycles. The summed E-state index contributed by atoms with van der Waals surface area (Å²) in [6.07, 6.45) is -10.4. The number of ether oxygens (including phenoxy) is 6. The van der Waals surface area contributed by atoms with Crippen molar-refractivity contribution in [2.75, 3.05) is 65.8 Å². The van der Waals surface area contributed by atoms with Gasteiger partial charge in [-0.3, -0.25) is 28.8 Å². The van der Waals surface area contributed by atoms with Crippen molar-refractivity contribution < 1.29 is 118 Å². The molecule has 6 amide bonds. The smallest absolute Gasteiger partial charge is 0.242 e. The van der Waals surface area contributed by atoms with E-state index >= 15 is 0 Å². The first kappa shape index (κ1) is 77.3. The van der Waals surface area contributed by atoms with Crippen molar-refractivity contribution in [1.29, 1.82) is 0 Å². The molecule has 2 unspecified atom stereocenters. The third kappa shape index (κ3) is 29.3. The molecule has 30 nitrogen and oxygen atoms in total. The minimum atomic E-state index is -1.57. The molecule has 0 bridgehead atoms. The zero-order valence-corrected chi connectivity index (χ0v) is 50.4. The van der Waals surface area contributed by atoms with Crippen LogP contribution >= 0.6 is 0 Å². The highest BCUT2D eigenvalue weighted by molar-refractivity contribution is 5.90. The van der Waals surface area contributed by atoms with Crippen molar-refractivity contribution in [1.82, 2.24) is 31.9 Å². The number of carbonyl (C=O) groups is 6. The summed E-state index contributed by atoms with van der Waals surface area (Å²) >= 11 is 0. The van der Waals surface area contributed by atoms with Gasteiger partial charge in [0.2, 0.25) is 35.4 Å². The zero-order chi connectivity index (χ0) is 64.1. The summed E-state index contributed by atoms with van der Waals surface area (Å²) in [5.41, 5.74) is 0. The van der Waals surface area contributed by atoms with Gasteiger partial charge in [-0.2, -0.15) is 0 Å². The minimum absolute atomic E-state index is 0.0753. The molecule has 0 aliphatic carbocycles. The standard InChI is InChI=1S/C57H104N6O24/c1-2-3-4-11-25-58-40(67)19-18-20-42(69)62-36(54(81)61-28-14-7-10-17-31-84-57-52(79)49(76)46(73)39(34-66)87-57)22-24-43(70)63-35(53(80)60-27-13-6-9-16-30-83-56-51(78)48(75)45(72)38(33-65)86-56)21-23-41(68)59-26-12-5-8-15-29-82-55-50(77)47(74)44(71)37(32-64)85-55/h35-39,44-52,55-57,64-66,71-79H,2-34H2,1H3,(H,58,67)(H,59,68)(H,60,80)(H,61,81)(H,62,69)(H,63,70)/t35?,36?,37-,38-,39-,44-,45-,46-,47+,48+,49+,50+,51+,52+,55+,56+,57+/m1/s1. The largest absolute Gasteiger partial charge is 0.394 e. The van der Waals surface area contributed by atoms with Crippen LogP contribution in [0.3, 0.4) is 0 Å². The maximum atomic E-state index is 13.7. The van der Waals surface area contributed by atoms with Crippen LogP contribution < -0.4 is 31.9 Å². The van der Waals surface area contributed by atoms with Gasteiger partial charge < -0.3 is 122 Å². The van der Waals surface area contributed by atoms with Crippen molar-refractivity contribution in [3.05, 3.63) is 0 Å². The van der Waals surface area contributed by atoms with Gasteiger partial charge in [0, 0.05) is 71.7 Å². The minimum Gasteiger partial charge on any atom is -0.394 e. The zero-order valence-electron chi connectivity index (χ0n) is 50.4. The number of rotatable bonds is 46. The molecule has 3 aliphatic rings. The van der Waals surface area contributed by atoms with Crippen LogP contribution in [-0.2, 0) is 57.2 Å². The van der Waals surface area contributed by atoms with Crippen molar-refractivity contribution >= 4 is 35.4 Å². The maximum absolute atomic E-state index is 13.7. The Morgan fingerprint density at radius 1 is 0.356 bits per heavy atom. The second-order valence-corrected chi connectivity index (χ2v) is 22.5. The number of aliphatic hydroxyl groups is 12. The molecule has 87 heavy (non-hydrogen) atoms. The quantitative estimate of drug-likeness (QED) is 0.0257. The molecule has 3 saturated heterocycles. The van der Waals surface area contributed by atoms with E-state index in [4.69, 9.17) is 28.4 Å². The van der Waals surface area contributed by atoms with Crippen molar-refractivity contribution in [3.8, 4) is 0 Å². The van der Waals surface area contributed by atoms with Crippen LogP contribution in [0.5, 0.6) is 0 Å². The lowest BCUT2D eigenvalue weighted by molar-refractivity contribution is -0.301. The predicted molar refractivity (Wildman–Crippen MR) is 307 cm³/mol. The second-order valence-electron chi connectivity index (χ2n) is 22.5. The van der Waals surface area contributed by atoms with Crippen LogP contribution in [0.1, 0.15) is 155 Å². The summed E-state index contributed by atoms with van der Waals surface area (Å²) in [6, 6.07) is -2.36. The summed E-state index contributed by atoms with van der Waals surface area (Å²) in [6.45, 7) is 1.95. The van der Waals surface area contributed by atoms with Gasteiger partial charge >= 0.3 is 0 Å². The van der Waals surface area contributed by atoms with Crippen LogP contribution in [0.15, 0.2) is 0 Å². The molecule has 0 aromatic carbocycles. The Labute approximate surface area is 509 Å². The molecule has 0 saturated carbocycles. The molecule has 18 N–H and O–H groups in total. The van der Waals surface area contributed by atoms with E-state index in [1.165, 1.54) is 0 Å². The summed E-state index contributed by atoms with van der Waals surface area (Å²) in [5.74, 6) is -2.88. The molecule has 3 fully saturated rings. The van der Waals surface area contributed by atoms with E-state index in [0.717, 1.165) is 25.7 Å². The van der Waals surface area contributed by atoms with Gasteiger partial charge in [-0.1, -0.05) is 64.7 Å². The second kappa shape index (κ2) is 44.5. The van der Waals surface area contributed by atoms with Crippen molar-refractivity contribution in [2.24, 2.45) is 0 Å². The summed E-state index contributed by atoms with van der Waals surface area (Å²) in [5, 5.41) is 136. The van der Waals surface area contributed by atoms with Crippen LogP contribution in [0, 0.1) is 0 Å². The van der Waals surface area contributed by atoms with Gasteiger partial charge in [-0.25, -0.2) is 0 Å². The Balaban J connectivity index is 1.54. The average Bonchev–Trinajstić information content (AvgIpc) is 2.16. The van der Waals surface area contributed by atoms with Crippen molar-refractivity contribution in [3.63, 3.8) is 0 Å². The number of hydrogen-bond donors (Lipinski definition) is 18. The normalized spacial score (nSPS) is 28.0. The fourth-order valence-corrected chi connectivity index (χ4v) is 9.84. The lowest BCUT2D eigenvalue weighted by Crippen LogP contribution is -2.59. The van der Waals surface area contributed by atoms with Crippen LogP contribution in [0.2, 0.25) is 0 Å². The highest BCUT2D eigenvalue weighted by Gasteiger charge is 2.46. The first-order valence-electron chi connectivity index (χ1n) is 31.2. The molecule has 0 spiro atoms. The maximum Gasteiger partial charge on any atom is 0.242 e. The summed E-state index contributed by atoms with van der Waals surface area (Å²) in [7, 11) is 0. The third-order valence-corrected chi connectivity index (χ3v) is 15.3. The van der Waals surface area contributed by atoms with Gasteiger partial charge in [0.15, 0.2) is 18.9 Å². The van der Waals surface area contributed by atoms with Gasteiger partial charge in [-0.15, -0.1) is 0 Å². The first-order valence-corrected chi connectivity index (χ1v) is 31.2. The first-order chi connectivity index (χ1) is 41.8. The molecule has 30 heteroatoms. The summed E-state index contributed by atoms with van der Waals surface area (Å²) in [4.78, 5) is 79.6. The number of nitrogens with one attached hydrogen (secondary N) is 6. The van der Waals surface area contributed by atoms with E-state index in [-0.39, 0.29) is 89.7 Å². The molecule has 3 heterocycles. The number of amides is 6. The Kier molecular flexibility index (Phi) is 39.6.